The summed E-state index contributed by atoms with van der Waals surface area (Å²) >= 11 is 1.64. The molecule has 1 aliphatic carbocycles. The number of Topliss-reactive ketones (excluding diaryl/α,β-unsaturated/α-hetero) is 1. The zero-order valence-electron chi connectivity index (χ0n) is 22.9. The Balaban J connectivity index is 1.29. The molecule has 208 valence electrons. The molecular weight excluding hydrogens is 500 g/mol. The Morgan fingerprint density at radius 1 is 1.03 bits per heavy atom. The lowest BCUT2D eigenvalue weighted by atomic mass is 9.83. The van der Waals surface area contributed by atoms with E-state index in [0.29, 0.717) is 18.2 Å². The zero-order chi connectivity index (χ0) is 26.8. The Labute approximate surface area is 230 Å². The highest BCUT2D eigenvalue weighted by molar-refractivity contribution is 7.99. The van der Waals surface area contributed by atoms with E-state index in [1.807, 2.05) is 30.5 Å². The van der Waals surface area contributed by atoms with Gasteiger partial charge in [-0.1, -0.05) is 19.3 Å². The summed E-state index contributed by atoms with van der Waals surface area (Å²) in [6, 6.07) is 7.16. The first-order valence-corrected chi connectivity index (χ1v) is 15.5. The minimum absolute atomic E-state index is 0.0292. The van der Waals surface area contributed by atoms with E-state index in [4.69, 9.17) is 4.74 Å². The van der Waals surface area contributed by atoms with E-state index in [-0.39, 0.29) is 41.5 Å². The van der Waals surface area contributed by atoms with E-state index in [1.165, 1.54) is 0 Å². The van der Waals surface area contributed by atoms with Crippen LogP contribution in [-0.4, -0.2) is 102 Å². The monoisotopic (exact) mass is 542 g/mol. The fraction of sp³-hybridized carbons (Fsp3) is 0.690. The molecule has 4 atom stereocenters. The largest absolute Gasteiger partial charge is 0.369 e. The molecule has 3 heterocycles. The maximum atomic E-state index is 14.0. The van der Waals surface area contributed by atoms with Gasteiger partial charge in [-0.15, -0.1) is 0 Å². The normalized spacial score (nSPS) is 27.6. The number of likely N-dealkylation sites (tertiary alicyclic amines) is 1. The lowest BCUT2D eigenvalue weighted by molar-refractivity contribution is -0.139. The molecule has 1 aromatic rings. The average molecular weight is 543 g/mol. The van der Waals surface area contributed by atoms with Gasteiger partial charge in [0.1, 0.15) is 18.7 Å². The lowest BCUT2D eigenvalue weighted by Crippen LogP contribution is -2.55. The molecule has 3 saturated heterocycles. The van der Waals surface area contributed by atoms with E-state index in [9.17, 15) is 14.4 Å². The average Bonchev–Trinajstić information content (AvgIpc) is 3.52. The van der Waals surface area contributed by atoms with Crippen LogP contribution in [0.25, 0.3) is 0 Å². The summed E-state index contributed by atoms with van der Waals surface area (Å²) in [5.74, 6) is -0.300. The molecule has 3 aliphatic heterocycles. The molecule has 0 radical (unpaired) electrons. The van der Waals surface area contributed by atoms with E-state index in [0.717, 1.165) is 64.0 Å². The van der Waals surface area contributed by atoms with Crippen LogP contribution in [0.15, 0.2) is 24.3 Å². The van der Waals surface area contributed by atoms with Crippen molar-refractivity contribution in [2.24, 2.45) is 5.92 Å². The second-order valence-electron chi connectivity index (χ2n) is 11.5. The van der Waals surface area contributed by atoms with Crippen molar-refractivity contribution in [3.8, 4) is 0 Å². The van der Waals surface area contributed by atoms with Crippen molar-refractivity contribution in [2.75, 3.05) is 50.5 Å². The van der Waals surface area contributed by atoms with Crippen LogP contribution in [-0.2, 0) is 14.3 Å². The number of carbonyl (C=O) groups excluding carboxylic acids is 3. The predicted molar refractivity (Wildman–Crippen MR) is 151 cm³/mol. The first-order chi connectivity index (χ1) is 18.4. The fourth-order valence-electron chi connectivity index (χ4n) is 6.62. The van der Waals surface area contributed by atoms with Crippen LogP contribution in [0.5, 0.6) is 0 Å². The lowest BCUT2D eigenvalue weighted by Gasteiger charge is -2.38. The molecule has 8 nitrogen and oxygen atoms in total. The van der Waals surface area contributed by atoms with E-state index in [2.05, 4.69) is 29.0 Å². The van der Waals surface area contributed by atoms with Crippen LogP contribution in [0, 0.1) is 5.92 Å². The zero-order valence-corrected chi connectivity index (χ0v) is 23.8. The summed E-state index contributed by atoms with van der Waals surface area (Å²) in [5, 5.41) is 3.19. The van der Waals surface area contributed by atoms with Gasteiger partial charge >= 0.3 is 0 Å². The molecular formula is C29H42N4O4S. The van der Waals surface area contributed by atoms with Crippen LogP contribution < -0.4 is 10.2 Å². The Bertz CT molecular complexity index is 1000. The topological polar surface area (TPSA) is 82.2 Å². The summed E-state index contributed by atoms with van der Waals surface area (Å²) in [6.45, 7) is 9.03. The van der Waals surface area contributed by atoms with Gasteiger partial charge in [0, 0.05) is 50.0 Å². The smallest absolute Gasteiger partial charge is 0.251 e. The number of fused-ring (bicyclic) bond motifs is 1. The summed E-state index contributed by atoms with van der Waals surface area (Å²) in [7, 11) is 0. The number of amides is 2. The molecule has 4 aliphatic rings. The van der Waals surface area contributed by atoms with Gasteiger partial charge in [-0.2, -0.15) is 11.8 Å². The summed E-state index contributed by atoms with van der Waals surface area (Å²) in [5.41, 5.74) is 1.68. The van der Waals surface area contributed by atoms with Crippen LogP contribution >= 0.6 is 11.8 Å². The van der Waals surface area contributed by atoms with Crippen molar-refractivity contribution in [3.05, 3.63) is 29.8 Å². The number of thioether (sulfide) groups is 1. The Hall–Kier alpha value is -2.10. The number of hydrogen-bond acceptors (Lipinski definition) is 7. The highest BCUT2D eigenvalue weighted by Gasteiger charge is 2.53. The van der Waals surface area contributed by atoms with Gasteiger partial charge < -0.3 is 19.9 Å². The van der Waals surface area contributed by atoms with E-state index in [1.54, 1.807) is 16.7 Å². The number of carbonyl (C=O) groups is 3. The van der Waals surface area contributed by atoms with Crippen LogP contribution in [0.3, 0.4) is 0 Å². The van der Waals surface area contributed by atoms with Gasteiger partial charge in [0.15, 0.2) is 5.78 Å². The second kappa shape index (κ2) is 12.0. The van der Waals surface area contributed by atoms with Crippen molar-refractivity contribution < 1.29 is 19.1 Å². The first-order valence-electron chi connectivity index (χ1n) is 14.2. The quantitative estimate of drug-likeness (QED) is 0.568. The van der Waals surface area contributed by atoms with Crippen molar-refractivity contribution in [1.82, 2.24) is 15.1 Å². The van der Waals surface area contributed by atoms with Crippen LogP contribution in [0.4, 0.5) is 5.69 Å². The van der Waals surface area contributed by atoms with Gasteiger partial charge in [-0.3, -0.25) is 19.3 Å². The van der Waals surface area contributed by atoms with E-state index < -0.39 is 12.1 Å². The molecule has 0 bridgehead atoms. The maximum absolute atomic E-state index is 14.0. The number of ether oxygens (including phenoxy) is 1. The number of anilines is 1. The third kappa shape index (κ3) is 5.61. The highest BCUT2D eigenvalue weighted by Crippen LogP contribution is 2.35. The minimum atomic E-state index is -0.624. The summed E-state index contributed by atoms with van der Waals surface area (Å²) < 4.78 is 5.77. The third-order valence-corrected chi connectivity index (χ3v) is 9.96. The number of nitrogens with zero attached hydrogens (tertiary/aromatic N) is 3. The highest BCUT2D eigenvalue weighted by atomic mass is 32.2. The molecule has 1 saturated carbocycles. The molecule has 1 aromatic carbocycles. The molecule has 0 spiro atoms. The van der Waals surface area contributed by atoms with E-state index >= 15 is 0 Å². The Morgan fingerprint density at radius 3 is 2.34 bits per heavy atom. The molecule has 2 amide bonds. The van der Waals surface area contributed by atoms with Crippen LogP contribution in [0.2, 0.25) is 0 Å². The first kappa shape index (κ1) is 27.5. The predicted octanol–water partition coefficient (Wildman–Crippen LogP) is 2.81. The molecule has 5 rings (SSSR count). The van der Waals surface area contributed by atoms with Crippen LogP contribution in [0.1, 0.15) is 56.3 Å². The number of hydrogen-bond donors (Lipinski definition) is 1. The molecule has 1 N–H and O–H groups in total. The second-order valence-corrected chi connectivity index (χ2v) is 12.5. The molecule has 0 aromatic heterocycles. The number of benzene rings is 1. The standard InChI is InChI=1S/C29H42N4O4S/c1-19(2)31-13-15-32(16-14-31)22-11-9-21(10-12-22)28(35)30-25(20-7-5-4-6-8-20)29(36)33-17-24(38-3)27-26(33)23(34)18-37-27/h9-12,19-20,24-27H,4-8,13-18H2,1-3H3,(H,30,35)/t24-,25-,26+,27+/m0/s1. The SMILES string of the molecule is CS[C@H]1CN(C(=O)[C@@H](NC(=O)c2ccc(N3CCN(C(C)C)CC3)cc2)C2CCCCC2)[C@@H]2C(=O)CO[C@H]12. The van der Waals surface area contributed by atoms with Gasteiger partial charge in [-0.05, 0) is 63.1 Å². The maximum Gasteiger partial charge on any atom is 0.251 e. The van der Waals surface area contributed by atoms with Gasteiger partial charge in [-0.25, -0.2) is 0 Å². The molecule has 0 unspecified atom stereocenters. The van der Waals surface area contributed by atoms with Crippen molar-refractivity contribution in [3.63, 3.8) is 0 Å². The fourth-order valence-corrected chi connectivity index (χ4v) is 7.42. The molecule has 4 fully saturated rings. The number of rotatable bonds is 7. The number of nitrogens with one attached hydrogen (secondary N) is 1. The number of piperazine rings is 1. The van der Waals surface area contributed by atoms with Crippen molar-refractivity contribution in [1.29, 1.82) is 0 Å². The minimum Gasteiger partial charge on any atom is -0.369 e. The summed E-state index contributed by atoms with van der Waals surface area (Å²) in [6.07, 6.45) is 6.85. The molecule has 9 heteroatoms. The van der Waals surface area contributed by atoms with Crippen molar-refractivity contribution in [2.45, 2.75) is 75.4 Å². The summed E-state index contributed by atoms with van der Waals surface area (Å²) in [4.78, 5) is 46.6. The third-order valence-electron chi connectivity index (χ3n) is 8.94. The van der Waals surface area contributed by atoms with Gasteiger partial charge in [0.05, 0.1) is 11.4 Å². The van der Waals surface area contributed by atoms with Gasteiger partial charge in [0.25, 0.3) is 5.91 Å². The molecule has 38 heavy (non-hydrogen) atoms. The van der Waals surface area contributed by atoms with Gasteiger partial charge in [0.2, 0.25) is 5.91 Å². The number of ketones is 1. The Kier molecular flexibility index (Phi) is 8.65. The van der Waals surface area contributed by atoms with Crippen molar-refractivity contribution >= 4 is 35.0 Å². The Morgan fingerprint density at radius 2 is 1.71 bits per heavy atom.